The van der Waals surface area contributed by atoms with Gasteiger partial charge in [-0.3, -0.25) is 19.8 Å². The standard InChI is InChI=1S/C29H29ClN6O4/c1-33-13-15-35(16-14-33)18-26(37)34(2)22-10-6-21(7-11-22)31-28(19-3-8-23(9-4-19)36(39)40)27-24-12-5-20(30)17-25(24)32-29(27)38/h3-12,17,32,38H,13-16,18H2,1-2H3. The van der Waals surface area contributed by atoms with Gasteiger partial charge in [0, 0.05) is 67.0 Å². The fourth-order valence-electron chi connectivity index (χ4n) is 4.73. The zero-order chi connectivity index (χ0) is 28.4. The first-order valence-electron chi connectivity index (χ1n) is 12.8. The second kappa shape index (κ2) is 11.5. The molecule has 40 heavy (non-hydrogen) atoms. The number of halogens is 1. The minimum absolute atomic E-state index is 0.00903. The number of non-ortho nitro benzene ring substituents is 1. The number of piperazine rings is 1. The zero-order valence-corrected chi connectivity index (χ0v) is 22.9. The van der Waals surface area contributed by atoms with Crippen LogP contribution in [0, 0.1) is 10.1 Å². The number of nitrogens with zero attached hydrogens (tertiary/aromatic N) is 5. The van der Waals surface area contributed by atoms with Crippen molar-refractivity contribution in [3.8, 4) is 5.88 Å². The first kappa shape index (κ1) is 27.3. The lowest BCUT2D eigenvalue weighted by Crippen LogP contribution is -2.48. The summed E-state index contributed by atoms with van der Waals surface area (Å²) in [4.78, 5) is 37.5. The SMILES string of the molecule is CN1CCN(CC(=O)N(C)c2ccc(N=C(c3ccc([N+](=O)[O-])cc3)c3c(O)[nH]c4cc(Cl)ccc34)cc2)CC1. The summed E-state index contributed by atoms with van der Waals surface area (Å²) in [5, 5.41) is 23.3. The molecule has 0 saturated carbocycles. The topological polar surface area (TPSA) is 118 Å². The monoisotopic (exact) mass is 560 g/mol. The molecule has 0 spiro atoms. The number of aliphatic imine (C=N–C) groups is 1. The van der Waals surface area contributed by atoms with Crippen molar-refractivity contribution in [2.24, 2.45) is 4.99 Å². The highest BCUT2D eigenvalue weighted by atomic mass is 35.5. The Morgan fingerprint density at radius 1 is 1.07 bits per heavy atom. The predicted octanol–water partition coefficient (Wildman–Crippen LogP) is 4.81. The van der Waals surface area contributed by atoms with Gasteiger partial charge in [-0.2, -0.15) is 0 Å². The van der Waals surface area contributed by atoms with Crippen LogP contribution < -0.4 is 4.90 Å². The number of anilines is 1. The van der Waals surface area contributed by atoms with Crippen LogP contribution in [0.15, 0.2) is 71.7 Å². The number of nitro groups is 1. The average Bonchev–Trinajstić information content (AvgIpc) is 3.27. The molecule has 3 aromatic carbocycles. The molecule has 0 radical (unpaired) electrons. The van der Waals surface area contributed by atoms with E-state index in [2.05, 4.69) is 21.8 Å². The Hall–Kier alpha value is -4.25. The van der Waals surface area contributed by atoms with E-state index in [4.69, 9.17) is 16.6 Å². The molecule has 0 unspecified atom stereocenters. The minimum Gasteiger partial charge on any atom is -0.494 e. The third kappa shape index (κ3) is 5.84. The highest BCUT2D eigenvalue weighted by Gasteiger charge is 2.21. The number of aromatic hydroxyl groups is 1. The number of carbonyl (C=O) groups excluding carboxylic acids is 1. The lowest BCUT2D eigenvalue weighted by atomic mass is 10.0. The lowest BCUT2D eigenvalue weighted by Gasteiger charge is -2.32. The Morgan fingerprint density at radius 2 is 1.75 bits per heavy atom. The average molecular weight is 561 g/mol. The van der Waals surface area contributed by atoms with Crippen molar-refractivity contribution in [2.45, 2.75) is 0 Å². The summed E-state index contributed by atoms with van der Waals surface area (Å²) in [6.45, 7) is 3.97. The number of carbonyl (C=O) groups is 1. The Kier molecular flexibility index (Phi) is 7.83. The van der Waals surface area contributed by atoms with Crippen molar-refractivity contribution in [1.29, 1.82) is 0 Å². The first-order chi connectivity index (χ1) is 19.2. The molecule has 1 fully saturated rings. The molecule has 2 heterocycles. The number of nitro benzene ring substituents is 1. The van der Waals surface area contributed by atoms with Crippen molar-refractivity contribution in [3.05, 3.63) is 93.0 Å². The molecule has 0 atom stereocenters. The minimum atomic E-state index is -0.466. The number of hydrogen-bond donors (Lipinski definition) is 2. The zero-order valence-electron chi connectivity index (χ0n) is 22.2. The van der Waals surface area contributed by atoms with Crippen LogP contribution in [0.3, 0.4) is 0 Å². The molecule has 1 saturated heterocycles. The number of likely N-dealkylation sites (N-methyl/N-ethyl adjacent to an activating group) is 2. The van der Waals surface area contributed by atoms with Crippen LogP contribution in [-0.4, -0.2) is 83.3 Å². The number of fused-ring (bicyclic) bond motifs is 1. The number of aromatic amines is 1. The van der Waals surface area contributed by atoms with Gasteiger partial charge in [0.15, 0.2) is 5.88 Å². The molecule has 10 nitrogen and oxygen atoms in total. The summed E-state index contributed by atoms with van der Waals surface area (Å²) >= 11 is 6.15. The number of H-pyrrole nitrogens is 1. The highest BCUT2D eigenvalue weighted by Crippen LogP contribution is 2.33. The smallest absolute Gasteiger partial charge is 0.269 e. The van der Waals surface area contributed by atoms with E-state index < -0.39 is 4.92 Å². The Morgan fingerprint density at radius 3 is 2.40 bits per heavy atom. The van der Waals surface area contributed by atoms with E-state index in [1.165, 1.54) is 12.1 Å². The predicted molar refractivity (Wildman–Crippen MR) is 157 cm³/mol. The third-order valence-corrected chi connectivity index (χ3v) is 7.37. The summed E-state index contributed by atoms with van der Waals surface area (Å²) in [5.41, 5.74) is 3.36. The van der Waals surface area contributed by atoms with Gasteiger partial charge in [-0.15, -0.1) is 0 Å². The lowest BCUT2D eigenvalue weighted by molar-refractivity contribution is -0.384. The molecule has 1 aliphatic heterocycles. The van der Waals surface area contributed by atoms with Gasteiger partial charge in [0.05, 0.1) is 33.9 Å². The maximum Gasteiger partial charge on any atom is 0.269 e. The molecule has 5 rings (SSSR count). The van der Waals surface area contributed by atoms with E-state index in [-0.39, 0.29) is 17.5 Å². The van der Waals surface area contributed by atoms with Crippen molar-refractivity contribution < 1.29 is 14.8 Å². The fourth-order valence-corrected chi connectivity index (χ4v) is 4.90. The van der Waals surface area contributed by atoms with Crippen LogP contribution in [0.4, 0.5) is 17.1 Å². The van der Waals surface area contributed by atoms with Gasteiger partial charge in [0.25, 0.3) is 5.69 Å². The summed E-state index contributed by atoms with van der Waals surface area (Å²) in [7, 11) is 3.84. The van der Waals surface area contributed by atoms with Crippen LogP contribution in [0.2, 0.25) is 5.02 Å². The quantitative estimate of drug-likeness (QED) is 0.190. The molecule has 11 heteroatoms. The third-order valence-electron chi connectivity index (χ3n) is 7.14. The second-order valence-electron chi connectivity index (χ2n) is 9.85. The fraction of sp³-hybridized carbons (Fsp3) is 0.241. The molecule has 2 N–H and O–H groups in total. The summed E-state index contributed by atoms with van der Waals surface area (Å²) in [5.74, 6) is -0.0880. The highest BCUT2D eigenvalue weighted by molar-refractivity contribution is 6.31. The van der Waals surface area contributed by atoms with Crippen molar-refractivity contribution in [3.63, 3.8) is 0 Å². The van der Waals surface area contributed by atoms with E-state index in [0.717, 1.165) is 31.9 Å². The first-order valence-corrected chi connectivity index (χ1v) is 13.2. The molecule has 206 valence electrons. The van der Waals surface area contributed by atoms with Gasteiger partial charge in [0.1, 0.15) is 0 Å². The van der Waals surface area contributed by atoms with E-state index in [1.54, 1.807) is 54.4 Å². The second-order valence-corrected chi connectivity index (χ2v) is 10.3. The van der Waals surface area contributed by atoms with Crippen molar-refractivity contribution in [2.75, 3.05) is 51.7 Å². The number of rotatable bonds is 7. The molecule has 1 aromatic heterocycles. The number of hydrogen-bond acceptors (Lipinski definition) is 7. The maximum atomic E-state index is 12.9. The molecule has 1 amide bonds. The molecule has 1 aliphatic rings. The summed E-state index contributed by atoms with van der Waals surface area (Å²) < 4.78 is 0. The van der Waals surface area contributed by atoms with Gasteiger partial charge < -0.3 is 19.9 Å². The maximum absolute atomic E-state index is 12.9. The van der Waals surface area contributed by atoms with Gasteiger partial charge in [-0.25, -0.2) is 4.99 Å². The van der Waals surface area contributed by atoms with E-state index in [0.29, 0.717) is 45.0 Å². The molecule has 0 bridgehead atoms. The Bertz CT molecular complexity index is 1570. The summed E-state index contributed by atoms with van der Waals surface area (Å²) in [6, 6.07) is 18.5. The Labute approximate surface area is 236 Å². The summed E-state index contributed by atoms with van der Waals surface area (Å²) in [6.07, 6.45) is 0. The molecule has 0 aliphatic carbocycles. The molecular weight excluding hydrogens is 532 g/mol. The van der Waals surface area contributed by atoms with E-state index in [1.807, 2.05) is 12.1 Å². The van der Waals surface area contributed by atoms with Crippen LogP contribution in [-0.2, 0) is 4.79 Å². The molecule has 4 aromatic rings. The number of benzene rings is 3. The van der Waals surface area contributed by atoms with Crippen LogP contribution in [0.5, 0.6) is 5.88 Å². The van der Waals surface area contributed by atoms with Crippen molar-refractivity contribution in [1.82, 2.24) is 14.8 Å². The van der Waals surface area contributed by atoms with Gasteiger partial charge in [0.2, 0.25) is 5.91 Å². The van der Waals surface area contributed by atoms with E-state index in [9.17, 15) is 20.0 Å². The largest absolute Gasteiger partial charge is 0.494 e. The Balaban J connectivity index is 1.46. The van der Waals surface area contributed by atoms with Gasteiger partial charge in [-0.1, -0.05) is 17.7 Å². The number of aromatic nitrogens is 1. The normalized spacial score (nSPS) is 14.9. The number of nitrogens with one attached hydrogen (secondary N) is 1. The number of amides is 1. The van der Waals surface area contributed by atoms with Crippen molar-refractivity contribution >= 4 is 51.2 Å². The molecular formula is C29H29ClN6O4. The van der Waals surface area contributed by atoms with Crippen LogP contribution >= 0.6 is 11.6 Å². The van der Waals surface area contributed by atoms with Crippen LogP contribution in [0.25, 0.3) is 10.9 Å². The van der Waals surface area contributed by atoms with E-state index >= 15 is 0 Å². The van der Waals surface area contributed by atoms with Crippen LogP contribution in [0.1, 0.15) is 11.1 Å². The van der Waals surface area contributed by atoms with Gasteiger partial charge >= 0.3 is 0 Å². The van der Waals surface area contributed by atoms with Gasteiger partial charge in [-0.05, 0) is 55.6 Å².